The molecule has 3 heteroatoms. The van der Waals surface area contributed by atoms with E-state index < -0.39 is 0 Å². The molecule has 0 radical (unpaired) electrons. The molecule has 102 valence electrons. The average Bonchev–Trinajstić information content (AvgIpc) is 2.38. The van der Waals surface area contributed by atoms with Gasteiger partial charge in [-0.2, -0.15) is 0 Å². The first-order valence-corrected chi connectivity index (χ1v) is 6.69. The highest BCUT2D eigenvalue weighted by Crippen LogP contribution is 2.18. The molecule has 1 aromatic carbocycles. The minimum absolute atomic E-state index is 0.119. The van der Waals surface area contributed by atoms with Crippen LogP contribution in [0.2, 0.25) is 0 Å². The van der Waals surface area contributed by atoms with Crippen molar-refractivity contribution in [1.82, 2.24) is 0 Å². The second-order valence-electron chi connectivity index (χ2n) is 4.90. The first-order valence-electron chi connectivity index (χ1n) is 6.69. The highest BCUT2D eigenvalue weighted by Gasteiger charge is 2.03. The van der Waals surface area contributed by atoms with Crippen LogP contribution in [0, 0.1) is 5.92 Å². The number of hydrogen-bond acceptors (Lipinski definition) is 3. The summed E-state index contributed by atoms with van der Waals surface area (Å²) in [5.74, 6) is 1.44. The Balaban J connectivity index is 2.27. The molecule has 0 saturated heterocycles. The molecule has 1 atom stereocenters. The van der Waals surface area contributed by atoms with E-state index in [1.807, 2.05) is 24.3 Å². The monoisotopic (exact) mass is 251 g/mol. The number of rotatable bonds is 8. The SMILES string of the molecule is CC[C@@H](N)c1ccc(OCCOCC(C)C)cc1. The fourth-order valence-corrected chi connectivity index (χ4v) is 1.58. The van der Waals surface area contributed by atoms with Crippen LogP contribution in [-0.4, -0.2) is 19.8 Å². The Hall–Kier alpha value is -1.06. The van der Waals surface area contributed by atoms with Crippen LogP contribution in [-0.2, 0) is 4.74 Å². The maximum atomic E-state index is 5.95. The van der Waals surface area contributed by atoms with Gasteiger partial charge in [0.05, 0.1) is 6.61 Å². The minimum Gasteiger partial charge on any atom is -0.491 e. The molecule has 1 rings (SSSR count). The van der Waals surface area contributed by atoms with Gasteiger partial charge in [-0.1, -0.05) is 32.9 Å². The van der Waals surface area contributed by atoms with E-state index in [4.69, 9.17) is 15.2 Å². The van der Waals surface area contributed by atoms with Gasteiger partial charge >= 0.3 is 0 Å². The summed E-state index contributed by atoms with van der Waals surface area (Å²) in [4.78, 5) is 0. The summed E-state index contributed by atoms with van der Waals surface area (Å²) in [6, 6.07) is 8.10. The van der Waals surface area contributed by atoms with Crippen LogP contribution >= 0.6 is 0 Å². The van der Waals surface area contributed by atoms with Gasteiger partial charge in [-0.3, -0.25) is 0 Å². The van der Waals surface area contributed by atoms with Crippen molar-refractivity contribution in [2.45, 2.75) is 33.2 Å². The van der Waals surface area contributed by atoms with E-state index in [0.29, 0.717) is 19.1 Å². The molecule has 0 aromatic heterocycles. The van der Waals surface area contributed by atoms with E-state index in [1.165, 1.54) is 0 Å². The van der Waals surface area contributed by atoms with E-state index in [-0.39, 0.29) is 6.04 Å². The fourth-order valence-electron chi connectivity index (χ4n) is 1.58. The second kappa shape index (κ2) is 8.11. The summed E-state index contributed by atoms with van der Waals surface area (Å²) in [6.07, 6.45) is 0.948. The lowest BCUT2D eigenvalue weighted by atomic mass is 10.1. The van der Waals surface area contributed by atoms with Gasteiger partial charge in [-0.05, 0) is 30.0 Å². The van der Waals surface area contributed by atoms with E-state index in [1.54, 1.807) is 0 Å². The van der Waals surface area contributed by atoms with Crippen molar-refractivity contribution in [3.63, 3.8) is 0 Å². The van der Waals surface area contributed by atoms with Crippen LogP contribution in [0.5, 0.6) is 5.75 Å². The summed E-state index contributed by atoms with van der Waals surface area (Å²) in [7, 11) is 0. The Morgan fingerprint density at radius 1 is 1.11 bits per heavy atom. The third-order valence-corrected chi connectivity index (χ3v) is 2.70. The van der Waals surface area contributed by atoms with Gasteiger partial charge in [0.15, 0.2) is 0 Å². The number of hydrogen-bond donors (Lipinski definition) is 1. The zero-order valence-corrected chi connectivity index (χ0v) is 11.7. The number of ether oxygens (including phenoxy) is 2. The molecule has 18 heavy (non-hydrogen) atoms. The normalized spacial score (nSPS) is 12.7. The van der Waals surface area contributed by atoms with Gasteiger partial charge in [0.2, 0.25) is 0 Å². The first-order chi connectivity index (χ1) is 8.63. The van der Waals surface area contributed by atoms with Crippen LogP contribution in [0.25, 0.3) is 0 Å². The molecule has 3 nitrogen and oxygen atoms in total. The standard InChI is InChI=1S/C15H25NO2/c1-4-15(16)13-5-7-14(8-6-13)18-10-9-17-11-12(2)3/h5-8,12,15H,4,9-11,16H2,1-3H3/t15-/m1/s1. The molecular weight excluding hydrogens is 226 g/mol. The van der Waals surface area contributed by atoms with Crippen molar-refractivity contribution < 1.29 is 9.47 Å². The van der Waals surface area contributed by atoms with Crippen LogP contribution in [0.3, 0.4) is 0 Å². The minimum atomic E-state index is 0.119. The molecule has 0 unspecified atom stereocenters. The zero-order chi connectivity index (χ0) is 13.4. The number of nitrogens with two attached hydrogens (primary N) is 1. The van der Waals surface area contributed by atoms with Crippen LogP contribution in [0.4, 0.5) is 0 Å². The summed E-state index contributed by atoms with van der Waals surface area (Å²) >= 11 is 0. The lowest BCUT2D eigenvalue weighted by Crippen LogP contribution is -2.10. The Labute approximate surface area is 110 Å². The average molecular weight is 251 g/mol. The van der Waals surface area contributed by atoms with Crippen LogP contribution in [0.1, 0.15) is 38.8 Å². The van der Waals surface area contributed by atoms with Gasteiger partial charge in [0.1, 0.15) is 12.4 Å². The van der Waals surface area contributed by atoms with E-state index in [2.05, 4.69) is 20.8 Å². The predicted molar refractivity (Wildman–Crippen MR) is 74.8 cm³/mol. The largest absolute Gasteiger partial charge is 0.491 e. The summed E-state index contributed by atoms with van der Waals surface area (Å²) in [5, 5.41) is 0. The van der Waals surface area contributed by atoms with Crippen LogP contribution < -0.4 is 10.5 Å². The topological polar surface area (TPSA) is 44.5 Å². The molecule has 2 N–H and O–H groups in total. The van der Waals surface area contributed by atoms with Crippen molar-refractivity contribution in [3.8, 4) is 5.75 Å². The lowest BCUT2D eigenvalue weighted by molar-refractivity contribution is 0.0819. The summed E-state index contributed by atoms with van der Waals surface area (Å²) in [5.41, 5.74) is 7.11. The molecule has 0 aliphatic heterocycles. The Bertz CT molecular complexity index is 322. The maximum absolute atomic E-state index is 5.95. The van der Waals surface area contributed by atoms with Gasteiger partial charge in [-0.25, -0.2) is 0 Å². The quantitative estimate of drug-likeness (QED) is 0.722. The van der Waals surface area contributed by atoms with Crippen molar-refractivity contribution >= 4 is 0 Å². The van der Waals surface area contributed by atoms with E-state index in [0.717, 1.165) is 24.3 Å². The molecule has 0 amide bonds. The van der Waals surface area contributed by atoms with E-state index in [9.17, 15) is 0 Å². The summed E-state index contributed by atoms with van der Waals surface area (Å²) < 4.78 is 11.0. The van der Waals surface area contributed by atoms with Crippen molar-refractivity contribution in [3.05, 3.63) is 29.8 Å². The van der Waals surface area contributed by atoms with Gasteiger partial charge in [-0.15, -0.1) is 0 Å². The third kappa shape index (κ3) is 5.52. The molecule has 0 aliphatic carbocycles. The molecule has 1 aromatic rings. The molecule has 0 spiro atoms. The number of benzene rings is 1. The highest BCUT2D eigenvalue weighted by atomic mass is 16.5. The molecular formula is C15H25NO2. The maximum Gasteiger partial charge on any atom is 0.119 e. The predicted octanol–water partition coefficient (Wildman–Crippen LogP) is 3.15. The fraction of sp³-hybridized carbons (Fsp3) is 0.600. The van der Waals surface area contributed by atoms with Gasteiger partial charge in [0.25, 0.3) is 0 Å². The van der Waals surface area contributed by atoms with E-state index >= 15 is 0 Å². The lowest BCUT2D eigenvalue weighted by Gasteiger charge is -2.11. The highest BCUT2D eigenvalue weighted by molar-refractivity contribution is 5.28. The molecule has 0 saturated carbocycles. The van der Waals surface area contributed by atoms with Crippen molar-refractivity contribution in [2.75, 3.05) is 19.8 Å². The second-order valence-corrected chi connectivity index (χ2v) is 4.90. The molecule has 0 bridgehead atoms. The van der Waals surface area contributed by atoms with Gasteiger partial charge in [0, 0.05) is 12.6 Å². The Morgan fingerprint density at radius 2 is 1.78 bits per heavy atom. The third-order valence-electron chi connectivity index (χ3n) is 2.70. The van der Waals surface area contributed by atoms with Gasteiger partial charge < -0.3 is 15.2 Å². The Morgan fingerprint density at radius 3 is 2.33 bits per heavy atom. The van der Waals surface area contributed by atoms with Crippen molar-refractivity contribution in [1.29, 1.82) is 0 Å². The summed E-state index contributed by atoms with van der Waals surface area (Å²) in [6.45, 7) is 8.36. The first kappa shape index (κ1) is 15.0. The zero-order valence-electron chi connectivity index (χ0n) is 11.7. The van der Waals surface area contributed by atoms with Crippen LogP contribution in [0.15, 0.2) is 24.3 Å². The molecule has 0 aliphatic rings. The van der Waals surface area contributed by atoms with Crippen molar-refractivity contribution in [2.24, 2.45) is 11.7 Å². The molecule has 0 fully saturated rings. The molecule has 0 heterocycles. The Kier molecular flexibility index (Phi) is 6.76. The smallest absolute Gasteiger partial charge is 0.119 e.